The number of nitrogens with one attached hydrogen (secondary N) is 1. The Morgan fingerprint density at radius 3 is 2.82 bits per heavy atom. The SMILES string of the molecule is Cc1nn(C)c(Oc2cccnc2)c1CNCC(C)(C)CO. The van der Waals surface area contributed by atoms with Crippen LogP contribution in [0.15, 0.2) is 24.5 Å². The van der Waals surface area contributed by atoms with Gasteiger partial charge in [0.2, 0.25) is 5.88 Å². The molecule has 6 heteroatoms. The summed E-state index contributed by atoms with van der Waals surface area (Å²) in [5.41, 5.74) is 1.79. The first-order chi connectivity index (χ1) is 10.4. The monoisotopic (exact) mass is 304 g/mol. The topological polar surface area (TPSA) is 72.2 Å². The Bertz CT molecular complexity index is 608. The van der Waals surface area contributed by atoms with Crippen LogP contribution in [0, 0.1) is 12.3 Å². The van der Waals surface area contributed by atoms with Crippen LogP contribution in [0.2, 0.25) is 0 Å². The summed E-state index contributed by atoms with van der Waals surface area (Å²) in [6, 6.07) is 3.70. The van der Waals surface area contributed by atoms with Crippen LogP contribution in [-0.4, -0.2) is 33.0 Å². The normalized spacial score (nSPS) is 11.7. The fraction of sp³-hybridized carbons (Fsp3) is 0.500. The van der Waals surface area contributed by atoms with Gasteiger partial charge in [0.15, 0.2) is 0 Å². The van der Waals surface area contributed by atoms with Crippen molar-refractivity contribution >= 4 is 0 Å². The van der Waals surface area contributed by atoms with Crippen LogP contribution >= 0.6 is 0 Å². The van der Waals surface area contributed by atoms with Gasteiger partial charge in [0.25, 0.3) is 0 Å². The molecule has 22 heavy (non-hydrogen) atoms. The number of aliphatic hydroxyl groups excluding tert-OH is 1. The number of aliphatic hydroxyl groups is 1. The maximum Gasteiger partial charge on any atom is 0.222 e. The first kappa shape index (κ1) is 16.5. The predicted molar refractivity (Wildman–Crippen MR) is 84.8 cm³/mol. The molecule has 0 amide bonds. The van der Waals surface area contributed by atoms with E-state index >= 15 is 0 Å². The second kappa shape index (κ2) is 6.89. The molecule has 120 valence electrons. The zero-order valence-electron chi connectivity index (χ0n) is 13.6. The van der Waals surface area contributed by atoms with Crippen LogP contribution in [0.4, 0.5) is 0 Å². The summed E-state index contributed by atoms with van der Waals surface area (Å²) >= 11 is 0. The molecule has 0 aliphatic rings. The fourth-order valence-corrected chi connectivity index (χ4v) is 2.11. The molecule has 6 nitrogen and oxygen atoms in total. The highest BCUT2D eigenvalue weighted by atomic mass is 16.5. The average Bonchev–Trinajstić information content (AvgIpc) is 2.75. The van der Waals surface area contributed by atoms with Gasteiger partial charge in [-0.2, -0.15) is 5.10 Å². The molecule has 2 aromatic heterocycles. The van der Waals surface area contributed by atoms with Crippen molar-refractivity contribution in [1.82, 2.24) is 20.1 Å². The van der Waals surface area contributed by atoms with Gasteiger partial charge in [-0.05, 0) is 19.1 Å². The van der Waals surface area contributed by atoms with E-state index in [9.17, 15) is 5.11 Å². The van der Waals surface area contributed by atoms with E-state index in [-0.39, 0.29) is 12.0 Å². The Balaban J connectivity index is 2.11. The third kappa shape index (κ3) is 4.05. The summed E-state index contributed by atoms with van der Waals surface area (Å²) in [6.45, 7) is 7.49. The molecule has 0 aromatic carbocycles. The van der Waals surface area contributed by atoms with Crippen LogP contribution in [0.3, 0.4) is 0 Å². The molecule has 0 atom stereocenters. The van der Waals surface area contributed by atoms with Crippen LogP contribution < -0.4 is 10.1 Å². The van der Waals surface area contributed by atoms with Crippen molar-refractivity contribution in [2.75, 3.05) is 13.2 Å². The van der Waals surface area contributed by atoms with Crippen molar-refractivity contribution in [1.29, 1.82) is 0 Å². The minimum atomic E-state index is -0.152. The fourth-order valence-electron chi connectivity index (χ4n) is 2.11. The number of rotatable bonds is 7. The minimum Gasteiger partial charge on any atom is -0.437 e. The molecule has 2 rings (SSSR count). The van der Waals surface area contributed by atoms with Gasteiger partial charge in [-0.3, -0.25) is 4.98 Å². The molecule has 0 saturated heterocycles. The van der Waals surface area contributed by atoms with E-state index in [1.54, 1.807) is 17.1 Å². The van der Waals surface area contributed by atoms with Gasteiger partial charge in [0.1, 0.15) is 5.75 Å². The van der Waals surface area contributed by atoms with Crippen molar-refractivity contribution in [2.45, 2.75) is 27.3 Å². The molecule has 0 radical (unpaired) electrons. The Hall–Kier alpha value is -1.92. The molecule has 2 N–H and O–H groups in total. The summed E-state index contributed by atoms with van der Waals surface area (Å²) in [7, 11) is 1.86. The van der Waals surface area contributed by atoms with E-state index in [4.69, 9.17) is 4.74 Å². The average molecular weight is 304 g/mol. The van der Waals surface area contributed by atoms with Crippen LogP contribution in [0.25, 0.3) is 0 Å². The number of aryl methyl sites for hydroxylation is 2. The second-order valence-corrected chi connectivity index (χ2v) is 6.21. The van der Waals surface area contributed by atoms with E-state index in [0.717, 1.165) is 11.3 Å². The molecule has 0 bridgehead atoms. The Morgan fingerprint density at radius 2 is 2.18 bits per heavy atom. The van der Waals surface area contributed by atoms with E-state index < -0.39 is 0 Å². The van der Waals surface area contributed by atoms with Crippen molar-refractivity contribution in [2.24, 2.45) is 12.5 Å². The maximum atomic E-state index is 9.31. The third-order valence-electron chi connectivity index (χ3n) is 3.47. The molecule has 2 heterocycles. The van der Waals surface area contributed by atoms with Gasteiger partial charge in [0.05, 0.1) is 17.5 Å². The molecule has 0 spiro atoms. The quantitative estimate of drug-likeness (QED) is 0.819. The highest BCUT2D eigenvalue weighted by Gasteiger charge is 2.19. The Morgan fingerprint density at radius 1 is 1.41 bits per heavy atom. The molecule has 0 saturated carbocycles. The maximum absolute atomic E-state index is 9.31. The van der Waals surface area contributed by atoms with Crippen molar-refractivity contribution in [3.8, 4) is 11.6 Å². The number of aromatic nitrogens is 3. The van der Waals surface area contributed by atoms with Gasteiger partial charge in [0, 0.05) is 38.4 Å². The Labute approximate surface area is 131 Å². The number of nitrogens with zero attached hydrogens (tertiary/aromatic N) is 3. The molecule has 0 aliphatic carbocycles. The van der Waals surface area contributed by atoms with Crippen molar-refractivity contribution in [3.63, 3.8) is 0 Å². The minimum absolute atomic E-state index is 0.144. The lowest BCUT2D eigenvalue weighted by molar-refractivity contribution is 0.156. The lowest BCUT2D eigenvalue weighted by Crippen LogP contribution is -2.32. The Kier molecular flexibility index (Phi) is 5.15. The van der Waals surface area contributed by atoms with Crippen LogP contribution in [-0.2, 0) is 13.6 Å². The lowest BCUT2D eigenvalue weighted by atomic mass is 9.95. The summed E-state index contributed by atoms with van der Waals surface area (Å²) in [5.74, 6) is 1.39. The standard InChI is InChI=1S/C16H24N4O2/c1-12-14(9-18-10-16(2,3)11-21)15(20(4)19-12)22-13-6-5-7-17-8-13/h5-8,18,21H,9-11H2,1-4H3. The zero-order valence-corrected chi connectivity index (χ0v) is 13.6. The van der Waals surface area contributed by atoms with Crippen LogP contribution in [0.1, 0.15) is 25.1 Å². The summed E-state index contributed by atoms with van der Waals surface area (Å²) in [6.07, 6.45) is 3.38. The zero-order chi connectivity index (χ0) is 16.2. The lowest BCUT2D eigenvalue weighted by Gasteiger charge is -2.22. The van der Waals surface area contributed by atoms with Gasteiger partial charge in [-0.15, -0.1) is 0 Å². The molecule has 0 fully saturated rings. The number of hydrogen-bond donors (Lipinski definition) is 2. The van der Waals surface area contributed by atoms with E-state index in [1.165, 1.54) is 0 Å². The van der Waals surface area contributed by atoms with E-state index in [0.29, 0.717) is 24.7 Å². The molecule has 0 aliphatic heterocycles. The van der Waals surface area contributed by atoms with Gasteiger partial charge in [-0.25, -0.2) is 4.68 Å². The molecule has 2 aromatic rings. The smallest absolute Gasteiger partial charge is 0.222 e. The van der Waals surface area contributed by atoms with Gasteiger partial charge < -0.3 is 15.2 Å². The highest BCUT2D eigenvalue weighted by Crippen LogP contribution is 2.26. The number of hydrogen-bond acceptors (Lipinski definition) is 5. The van der Waals surface area contributed by atoms with Crippen molar-refractivity contribution in [3.05, 3.63) is 35.8 Å². The summed E-state index contributed by atoms with van der Waals surface area (Å²) in [5, 5.41) is 17.1. The molecular formula is C16H24N4O2. The number of ether oxygens (including phenoxy) is 1. The van der Waals surface area contributed by atoms with Crippen molar-refractivity contribution < 1.29 is 9.84 Å². The van der Waals surface area contributed by atoms with Gasteiger partial charge in [-0.1, -0.05) is 13.8 Å². The van der Waals surface area contributed by atoms with E-state index in [1.807, 2.05) is 40.0 Å². The van der Waals surface area contributed by atoms with Gasteiger partial charge >= 0.3 is 0 Å². The predicted octanol–water partition coefficient (Wildman–Crippen LogP) is 2.02. The largest absolute Gasteiger partial charge is 0.437 e. The first-order valence-corrected chi connectivity index (χ1v) is 7.35. The van der Waals surface area contributed by atoms with E-state index in [2.05, 4.69) is 15.4 Å². The number of pyridine rings is 1. The molecular weight excluding hydrogens is 280 g/mol. The third-order valence-corrected chi connectivity index (χ3v) is 3.47. The molecule has 0 unspecified atom stereocenters. The summed E-state index contributed by atoms with van der Waals surface area (Å²) < 4.78 is 7.65. The first-order valence-electron chi connectivity index (χ1n) is 7.35. The second-order valence-electron chi connectivity index (χ2n) is 6.21. The summed E-state index contributed by atoms with van der Waals surface area (Å²) in [4.78, 5) is 4.05. The van der Waals surface area contributed by atoms with Crippen LogP contribution in [0.5, 0.6) is 11.6 Å². The highest BCUT2D eigenvalue weighted by molar-refractivity contribution is 5.34.